The van der Waals surface area contributed by atoms with Crippen molar-refractivity contribution in [1.29, 1.82) is 0 Å². The molecule has 0 spiro atoms. The van der Waals surface area contributed by atoms with Crippen molar-refractivity contribution >= 4 is 23.2 Å². The molecule has 5 nitrogen and oxygen atoms in total. The van der Waals surface area contributed by atoms with Gasteiger partial charge in [0.2, 0.25) is 0 Å². The maximum Gasteiger partial charge on any atom is 0.256 e. The molecule has 1 aromatic heterocycles. The van der Waals surface area contributed by atoms with Crippen LogP contribution in [0.1, 0.15) is 42.8 Å². The van der Waals surface area contributed by atoms with E-state index in [9.17, 15) is 4.79 Å². The highest BCUT2D eigenvalue weighted by molar-refractivity contribution is 7.80. The molecule has 0 bridgehead atoms. The predicted molar refractivity (Wildman–Crippen MR) is 98.1 cm³/mol. The van der Waals surface area contributed by atoms with Crippen molar-refractivity contribution in [3.05, 3.63) is 47.3 Å². The van der Waals surface area contributed by atoms with Gasteiger partial charge in [-0.3, -0.25) is 9.69 Å². The summed E-state index contributed by atoms with van der Waals surface area (Å²) in [6.07, 6.45) is 1.97. The lowest BCUT2D eigenvalue weighted by atomic mass is 10.0. The minimum atomic E-state index is -0.438. The van der Waals surface area contributed by atoms with Gasteiger partial charge in [0.15, 0.2) is 5.11 Å². The highest BCUT2D eigenvalue weighted by Crippen LogP contribution is 2.29. The van der Waals surface area contributed by atoms with Crippen LogP contribution in [0.4, 0.5) is 0 Å². The second-order valence-corrected chi connectivity index (χ2v) is 6.44. The molecule has 1 aliphatic heterocycles. The average Bonchev–Trinajstić information content (AvgIpc) is 3.02. The molecule has 126 valence electrons. The van der Waals surface area contributed by atoms with Gasteiger partial charge in [-0.2, -0.15) is 5.10 Å². The summed E-state index contributed by atoms with van der Waals surface area (Å²) in [5.41, 5.74) is 3.72. The second-order valence-electron chi connectivity index (χ2n) is 6.06. The second kappa shape index (κ2) is 6.73. The minimum Gasteiger partial charge on any atom is -0.347 e. The molecule has 0 radical (unpaired) electrons. The number of hydrogen-bond acceptors (Lipinski definition) is 3. The summed E-state index contributed by atoms with van der Waals surface area (Å²) in [6, 6.07) is 9.50. The number of nitrogens with zero attached hydrogens (tertiary/aromatic N) is 3. The first-order valence-electron chi connectivity index (χ1n) is 8.28. The van der Waals surface area contributed by atoms with Crippen molar-refractivity contribution in [2.45, 2.75) is 39.7 Å². The number of aromatic nitrogens is 2. The Morgan fingerprint density at radius 2 is 1.96 bits per heavy atom. The Hall–Kier alpha value is -2.21. The third-order valence-corrected chi connectivity index (χ3v) is 4.74. The maximum atomic E-state index is 12.8. The van der Waals surface area contributed by atoms with Gasteiger partial charge in [-0.1, -0.05) is 31.5 Å². The van der Waals surface area contributed by atoms with Gasteiger partial charge < -0.3 is 5.32 Å². The molecule has 0 saturated carbocycles. The van der Waals surface area contributed by atoms with Crippen molar-refractivity contribution in [1.82, 2.24) is 20.0 Å². The molecule has 1 fully saturated rings. The van der Waals surface area contributed by atoms with E-state index in [1.807, 2.05) is 48.9 Å². The van der Waals surface area contributed by atoms with E-state index in [0.29, 0.717) is 11.7 Å². The zero-order valence-corrected chi connectivity index (χ0v) is 15.1. The van der Waals surface area contributed by atoms with Crippen LogP contribution in [0.5, 0.6) is 0 Å². The van der Waals surface area contributed by atoms with Crippen LogP contribution in [0.15, 0.2) is 30.3 Å². The third kappa shape index (κ3) is 2.82. The summed E-state index contributed by atoms with van der Waals surface area (Å²) in [6.45, 7) is 6.71. The lowest BCUT2D eigenvalue weighted by Gasteiger charge is -2.14. The molecule has 1 aromatic carbocycles. The van der Waals surface area contributed by atoms with Crippen LogP contribution in [0.25, 0.3) is 5.69 Å². The Labute approximate surface area is 147 Å². The molecule has 3 rings (SSSR count). The maximum absolute atomic E-state index is 12.8. The lowest BCUT2D eigenvalue weighted by Crippen LogP contribution is -2.31. The number of carbonyl (C=O) groups is 1. The fourth-order valence-electron chi connectivity index (χ4n) is 3.14. The molecular weight excluding hydrogens is 320 g/mol. The van der Waals surface area contributed by atoms with E-state index in [2.05, 4.69) is 17.3 Å². The topological polar surface area (TPSA) is 50.2 Å². The van der Waals surface area contributed by atoms with Crippen LogP contribution >= 0.6 is 12.2 Å². The molecule has 0 unspecified atom stereocenters. The Balaban J connectivity index is 1.95. The number of benzene rings is 1. The minimum absolute atomic E-state index is 0.0206. The Kier molecular flexibility index (Phi) is 4.66. The molecular formula is C18H22N4OS. The summed E-state index contributed by atoms with van der Waals surface area (Å²) >= 11 is 5.36. The summed E-state index contributed by atoms with van der Waals surface area (Å²) < 4.78 is 1.89. The van der Waals surface area contributed by atoms with Gasteiger partial charge in [0, 0.05) is 17.8 Å². The van der Waals surface area contributed by atoms with Gasteiger partial charge in [-0.25, -0.2) is 4.68 Å². The Morgan fingerprint density at radius 1 is 1.25 bits per heavy atom. The zero-order valence-electron chi connectivity index (χ0n) is 14.2. The van der Waals surface area contributed by atoms with Crippen LogP contribution < -0.4 is 5.32 Å². The molecule has 24 heavy (non-hydrogen) atoms. The van der Waals surface area contributed by atoms with Crippen LogP contribution in [-0.4, -0.2) is 32.2 Å². The van der Waals surface area contributed by atoms with Gasteiger partial charge in [0.05, 0.1) is 11.4 Å². The van der Waals surface area contributed by atoms with E-state index in [-0.39, 0.29) is 5.91 Å². The van der Waals surface area contributed by atoms with E-state index < -0.39 is 6.04 Å². The van der Waals surface area contributed by atoms with E-state index >= 15 is 0 Å². The molecule has 6 heteroatoms. The van der Waals surface area contributed by atoms with Gasteiger partial charge in [0.25, 0.3) is 5.91 Å². The SMILES string of the molecule is CCCCN1C(=O)[C@H](c2c(C)nn(-c3ccccc3)c2C)NC1=S. The summed E-state index contributed by atoms with van der Waals surface area (Å²) in [4.78, 5) is 14.5. The predicted octanol–water partition coefficient (Wildman–Crippen LogP) is 3.05. The summed E-state index contributed by atoms with van der Waals surface area (Å²) in [7, 11) is 0. The van der Waals surface area contributed by atoms with Crippen molar-refractivity contribution in [3.63, 3.8) is 0 Å². The van der Waals surface area contributed by atoms with Crippen molar-refractivity contribution in [2.75, 3.05) is 6.54 Å². The normalized spacial score (nSPS) is 17.5. The molecule has 1 saturated heterocycles. The third-order valence-electron chi connectivity index (χ3n) is 4.40. The molecule has 2 heterocycles. The summed E-state index contributed by atoms with van der Waals surface area (Å²) in [5.74, 6) is 0.0206. The fraction of sp³-hybridized carbons (Fsp3) is 0.389. The van der Waals surface area contributed by atoms with Gasteiger partial charge in [-0.15, -0.1) is 0 Å². The van der Waals surface area contributed by atoms with Crippen molar-refractivity contribution in [2.24, 2.45) is 0 Å². The van der Waals surface area contributed by atoms with Crippen molar-refractivity contribution in [3.8, 4) is 5.69 Å². The number of unbranched alkanes of at least 4 members (excludes halogenated alkanes) is 1. The van der Waals surface area contributed by atoms with Crippen LogP contribution in [0, 0.1) is 13.8 Å². The summed E-state index contributed by atoms with van der Waals surface area (Å²) in [5, 5.41) is 8.33. The first-order chi connectivity index (χ1) is 11.5. The quantitative estimate of drug-likeness (QED) is 0.849. The van der Waals surface area contributed by atoms with Crippen LogP contribution in [0.3, 0.4) is 0 Å². The largest absolute Gasteiger partial charge is 0.347 e. The van der Waals surface area contributed by atoms with Crippen molar-refractivity contribution < 1.29 is 4.79 Å². The van der Waals surface area contributed by atoms with Gasteiger partial charge in [-0.05, 0) is 44.6 Å². The molecule has 1 atom stereocenters. The number of amides is 1. The van der Waals surface area contributed by atoms with E-state index in [1.54, 1.807) is 4.90 Å². The number of hydrogen-bond donors (Lipinski definition) is 1. The number of thiocarbonyl (C=S) groups is 1. The molecule has 1 aliphatic rings. The Morgan fingerprint density at radius 3 is 2.62 bits per heavy atom. The lowest BCUT2D eigenvalue weighted by molar-refractivity contribution is -0.127. The first-order valence-corrected chi connectivity index (χ1v) is 8.68. The van der Waals surface area contributed by atoms with E-state index in [4.69, 9.17) is 12.2 Å². The van der Waals surface area contributed by atoms with Gasteiger partial charge in [0.1, 0.15) is 6.04 Å². The molecule has 2 aromatic rings. The molecule has 0 aliphatic carbocycles. The molecule has 1 N–H and O–H groups in total. The zero-order chi connectivity index (χ0) is 17.3. The number of carbonyl (C=O) groups excluding carboxylic acids is 1. The number of aryl methyl sites for hydroxylation is 1. The number of nitrogens with one attached hydrogen (secondary N) is 1. The smallest absolute Gasteiger partial charge is 0.256 e. The highest BCUT2D eigenvalue weighted by Gasteiger charge is 2.39. The highest BCUT2D eigenvalue weighted by atomic mass is 32.1. The first kappa shape index (κ1) is 16.6. The Bertz CT molecular complexity index is 769. The standard InChI is InChI=1S/C18H22N4OS/c1-4-5-11-21-17(23)16(19-18(21)24)15-12(2)20-22(13(15)3)14-9-7-6-8-10-14/h6-10,16H,4-5,11H2,1-3H3,(H,19,24)/t16-/m0/s1. The average molecular weight is 342 g/mol. The van der Waals surface area contributed by atoms with Crippen LogP contribution in [0.2, 0.25) is 0 Å². The van der Waals surface area contributed by atoms with Crippen LogP contribution in [-0.2, 0) is 4.79 Å². The number of rotatable bonds is 5. The van der Waals surface area contributed by atoms with E-state index in [1.165, 1.54) is 0 Å². The van der Waals surface area contributed by atoms with E-state index in [0.717, 1.165) is 35.5 Å². The number of para-hydroxylation sites is 1. The monoisotopic (exact) mass is 342 g/mol. The molecule has 1 amide bonds. The van der Waals surface area contributed by atoms with Gasteiger partial charge >= 0.3 is 0 Å². The fourth-order valence-corrected chi connectivity index (χ4v) is 3.43.